The monoisotopic (exact) mass is 156 g/mol. The van der Waals surface area contributed by atoms with Crippen LogP contribution in [0.25, 0.3) is 0 Å². The molecule has 0 rings (SSSR count). The van der Waals surface area contributed by atoms with E-state index in [2.05, 4.69) is 19.7 Å². The third kappa shape index (κ3) is 7.96. The van der Waals surface area contributed by atoms with Crippen LogP contribution in [0, 0.1) is 0 Å². The Kier molecular flexibility index (Phi) is 7.04. The van der Waals surface area contributed by atoms with E-state index < -0.39 is 0 Å². The summed E-state index contributed by atoms with van der Waals surface area (Å²) in [7, 11) is -0.248. The van der Waals surface area contributed by atoms with Crippen LogP contribution >= 0.6 is 0 Å². The van der Waals surface area contributed by atoms with Crippen LogP contribution in [0.2, 0.25) is 19.1 Å². The van der Waals surface area contributed by atoms with Gasteiger partial charge in [0.25, 0.3) is 0 Å². The molecule has 0 heterocycles. The molecule has 10 heavy (non-hydrogen) atoms. The van der Waals surface area contributed by atoms with Crippen molar-refractivity contribution in [3.8, 4) is 0 Å². The summed E-state index contributed by atoms with van der Waals surface area (Å²) >= 11 is 0. The fourth-order valence-corrected chi connectivity index (χ4v) is 2.12. The third-order valence-electron chi connectivity index (χ3n) is 1.69. The SMILES string of the molecule is C=CCCCCC[SiH](C)C. The van der Waals surface area contributed by atoms with E-state index in [-0.39, 0.29) is 8.80 Å². The van der Waals surface area contributed by atoms with Crippen LogP contribution < -0.4 is 0 Å². The molecule has 1 heteroatoms. The minimum Gasteiger partial charge on any atom is -0.103 e. The maximum atomic E-state index is 3.70. The van der Waals surface area contributed by atoms with Gasteiger partial charge in [-0.25, -0.2) is 0 Å². The molecular weight excluding hydrogens is 136 g/mol. The number of rotatable bonds is 6. The van der Waals surface area contributed by atoms with Gasteiger partial charge in [-0.1, -0.05) is 38.1 Å². The summed E-state index contributed by atoms with van der Waals surface area (Å²) in [5.74, 6) is 0. The maximum Gasteiger partial charge on any atom is 0.0305 e. The lowest BCUT2D eigenvalue weighted by molar-refractivity contribution is 0.726. The molecule has 0 nitrogen and oxygen atoms in total. The van der Waals surface area contributed by atoms with Gasteiger partial charge in [0.2, 0.25) is 0 Å². The Morgan fingerprint density at radius 1 is 1.20 bits per heavy atom. The molecule has 0 spiro atoms. The van der Waals surface area contributed by atoms with Gasteiger partial charge in [-0.2, -0.15) is 0 Å². The zero-order valence-electron chi connectivity index (χ0n) is 7.40. The lowest BCUT2D eigenvalue weighted by Crippen LogP contribution is -1.97. The summed E-state index contributed by atoms with van der Waals surface area (Å²) in [5.41, 5.74) is 0. The molecule has 0 unspecified atom stereocenters. The van der Waals surface area contributed by atoms with E-state index in [9.17, 15) is 0 Å². The van der Waals surface area contributed by atoms with Gasteiger partial charge in [0, 0.05) is 8.80 Å². The molecule has 0 aromatic heterocycles. The highest BCUT2D eigenvalue weighted by Gasteiger charge is 1.93. The summed E-state index contributed by atoms with van der Waals surface area (Å²) in [6.07, 6.45) is 7.45. The highest BCUT2D eigenvalue weighted by atomic mass is 28.3. The zero-order valence-corrected chi connectivity index (χ0v) is 8.55. The molecule has 0 radical (unpaired) electrons. The summed E-state index contributed by atoms with van der Waals surface area (Å²) in [6, 6.07) is 1.52. The lowest BCUT2D eigenvalue weighted by Gasteiger charge is -2.00. The van der Waals surface area contributed by atoms with Crippen molar-refractivity contribution in [2.75, 3.05) is 0 Å². The minimum absolute atomic E-state index is 0.248. The Balaban J connectivity index is 2.83. The smallest absolute Gasteiger partial charge is 0.0305 e. The average Bonchev–Trinajstić information content (AvgIpc) is 1.87. The molecule has 0 fully saturated rings. The fourth-order valence-electron chi connectivity index (χ4n) is 1.02. The molecule has 0 aliphatic heterocycles. The number of allylic oxidation sites excluding steroid dienone is 1. The van der Waals surface area contributed by atoms with Crippen molar-refractivity contribution in [1.29, 1.82) is 0 Å². The second kappa shape index (κ2) is 7.07. The predicted octanol–water partition coefficient (Wildman–Crippen LogP) is 3.22. The van der Waals surface area contributed by atoms with Crippen molar-refractivity contribution < 1.29 is 0 Å². The molecule has 0 N–H and O–H groups in total. The van der Waals surface area contributed by atoms with Gasteiger partial charge in [0.05, 0.1) is 0 Å². The van der Waals surface area contributed by atoms with Gasteiger partial charge in [-0.3, -0.25) is 0 Å². The van der Waals surface area contributed by atoms with Crippen LogP contribution in [0.1, 0.15) is 25.7 Å². The Labute approximate surface area is 66.9 Å². The topological polar surface area (TPSA) is 0 Å². The van der Waals surface area contributed by atoms with Crippen LogP contribution in [0.15, 0.2) is 12.7 Å². The minimum atomic E-state index is -0.248. The van der Waals surface area contributed by atoms with Crippen molar-refractivity contribution in [2.24, 2.45) is 0 Å². The van der Waals surface area contributed by atoms with E-state index in [0.717, 1.165) is 0 Å². The van der Waals surface area contributed by atoms with Crippen LogP contribution in [0.3, 0.4) is 0 Å². The molecule has 0 aromatic carbocycles. The quantitative estimate of drug-likeness (QED) is 0.315. The average molecular weight is 156 g/mol. The van der Waals surface area contributed by atoms with E-state index in [1.165, 1.54) is 31.7 Å². The molecule has 0 atom stereocenters. The molecule has 60 valence electrons. The van der Waals surface area contributed by atoms with E-state index in [1.54, 1.807) is 0 Å². The highest BCUT2D eigenvalue weighted by molar-refractivity contribution is 6.55. The van der Waals surface area contributed by atoms with Gasteiger partial charge in [-0.15, -0.1) is 6.58 Å². The molecule has 0 aromatic rings. The molecule has 0 aliphatic rings. The lowest BCUT2D eigenvalue weighted by atomic mass is 10.2. The first kappa shape index (κ1) is 9.96. The van der Waals surface area contributed by atoms with Crippen LogP contribution in [-0.2, 0) is 0 Å². The first-order valence-corrected chi connectivity index (χ1v) is 7.51. The number of unbranched alkanes of at least 4 members (excludes halogenated alkanes) is 3. The standard InChI is InChI=1S/C9H20Si/c1-4-5-6-7-8-9-10(2)3/h4,10H,1,5-9H2,2-3H3. The van der Waals surface area contributed by atoms with Crippen LogP contribution in [-0.4, -0.2) is 8.80 Å². The summed E-state index contributed by atoms with van der Waals surface area (Å²) in [4.78, 5) is 0. The Morgan fingerprint density at radius 3 is 2.40 bits per heavy atom. The van der Waals surface area contributed by atoms with Gasteiger partial charge in [-0.05, 0) is 12.8 Å². The third-order valence-corrected chi connectivity index (χ3v) is 3.25. The molecule has 0 aliphatic carbocycles. The summed E-state index contributed by atoms with van der Waals surface area (Å²) in [6.45, 7) is 8.55. The summed E-state index contributed by atoms with van der Waals surface area (Å²) < 4.78 is 0. The van der Waals surface area contributed by atoms with Crippen molar-refractivity contribution in [3.63, 3.8) is 0 Å². The molecule has 0 bridgehead atoms. The van der Waals surface area contributed by atoms with E-state index in [1.807, 2.05) is 6.08 Å². The van der Waals surface area contributed by atoms with Crippen LogP contribution in [0.5, 0.6) is 0 Å². The van der Waals surface area contributed by atoms with Crippen LogP contribution in [0.4, 0.5) is 0 Å². The van der Waals surface area contributed by atoms with Crippen molar-refractivity contribution >= 4 is 8.80 Å². The predicted molar refractivity (Wildman–Crippen MR) is 52.3 cm³/mol. The van der Waals surface area contributed by atoms with Crippen molar-refractivity contribution in [1.82, 2.24) is 0 Å². The van der Waals surface area contributed by atoms with E-state index >= 15 is 0 Å². The number of hydrogen-bond donors (Lipinski definition) is 0. The molecule has 0 amide bonds. The first-order valence-electron chi connectivity index (χ1n) is 4.38. The van der Waals surface area contributed by atoms with Crippen molar-refractivity contribution in [3.05, 3.63) is 12.7 Å². The number of hydrogen-bond acceptors (Lipinski definition) is 0. The molecular formula is C9H20Si. The second-order valence-corrected chi connectivity index (χ2v) is 6.69. The fraction of sp³-hybridized carbons (Fsp3) is 0.778. The Bertz CT molecular complexity index is 76.8. The maximum absolute atomic E-state index is 3.70. The second-order valence-electron chi connectivity index (χ2n) is 3.32. The first-order chi connectivity index (χ1) is 4.77. The zero-order chi connectivity index (χ0) is 7.82. The van der Waals surface area contributed by atoms with E-state index in [4.69, 9.17) is 0 Å². The van der Waals surface area contributed by atoms with Gasteiger partial charge in [0.15, 0.2) is 0 Å². The molecule has 0 saturated heterocycles. The van der Waals surface area contributed by atoms with Crippen molar-refractivity contribution in [2.45, 2.75) is 44.8 Å². The summed E-state index contributed by atoms with van der Waals surface area (Å²) in [5, 5.41) is 0. The highest BCUT2D eigenvalue weighted by Crippen LogP contribution is 2.05. The van der Waals surface area contributed by atoms with Gasteiger partial charge < -0.3 is 0 Å². The normalized spacial score (nSPS) is 10.3. The van der Waals surface area contributed by atoms with Gasteiger partial charge in [0.1, 0.15) is 0 Å². The Hall–Kier alpha value is -0.0431. The van der Waals surface area contributed by atoms with Gasteiger partial charge >= 0.3 is 0 Å². The largest absolute Gasteiger partial charge is 0.103 e. The Morgan fingerprint density at radius 2 is 1.90 bits per heavy atom. The molecule has 0 saturated carbocycles. The van der Waals surface area contributed by atoms with E-state index in [0.29, 0.717) is 0 Å².